The molecule has 5 nitrogen and oxygen atoms in total. The van der Waals surface area contributed by atoms with Crippen LogP contribution in [0.5, 0.6) is 11.5 Å². The van der Waals surface area contributed by atoms with Gasteiger partial charge in [0.15, 0.2) is 11.5 Å². The summed E-state index contributed by atoms with van der Waals surface area (Å²) in [6.07, 6.45) is 1.32. The standard InChI is InChI=1S/C18H21NO4S/c1-13(2)23-17-10-7-15(11-18(17)22-4)12-19-24(20,21)16-8-5-14(3)6-9-16/h5-13H,1-4H3/b19-12-. The van der Waals surface area contributed by atoms with E-state index in [1.807, 2.05) is 20.8 Å². The first-order valence-corrected chi connectivity index (χ1v) is 8.97. The Labute approximate surface area is 143 Å². The van der Waals surface area contributed by atoms with E-state index in [0.29, 0.717) is 17.1 Å². The van der Waals surface area contributed by atoms with E-state index in [1.54, 1.807) is 42.5 Å². The molecule has 0 aliphatic carbocycles. The Morgan fingerprint density at radius 2 is 1.71 bits per heavy atom. The average Bonchev–Trinajstić information content (AvgIpc) is 2.54. The number of rotatable bonds is 6. The summed E-state index contributed by atoms with van der Waals surface area (Å²) in [6, 6.07) is 11.7. The Morgan fingerprint density at radius 3 is 2.29 bits per heavy atom. The highest BCUT2D eigenvalue weighted by molar-refractivity contribution is 7.90. The fourth-order valence-corrected chi connectivity index (χ4v) is 2.88. The molecule has 128 valence electrons. The summed E-state index contributed by atoms with van der Waals surface area (Å²) in [5.41, 5.74) is 1.60. The van der Waals surface area contributed by atoms with Gasteiger partial charge in [0.25, 0.3) is 10.0 Å². The molecule has 0 N–H and O–H groups in total. The number of ether oxygens (including phenoxy) is 2. The van der Waals surface area contributed by atoms with Crippen molar-refractivity contribution in [2.45, 2.75) is 31.8 Å². The Bertz CT molecular complexity index is 825. The molecule has 0 aliphatic heterocycles. The van der Waals surface area contributed by atoms with Gasteiger partial charge in [0, 0.05) is 6.21 Å². The molecule has 24 heavy (non-hydrogen) atoms. The minimum absolute atomic E-state index is 0.0142. The SMILES string of the molecule is COc1cc(/C=N\S(=O)(=O)c2ccc(C)cc2)ccc1OC(C)C. The zero-order valence-corrected chi connectivity index (χ0v) is 15.0. The van der Waals surface area contributed by atoms with Gasteiger partial charge >= 0.3 is 0 Å². The summed E-state index contributed by atoms with van der Waals surface area (Å²) < 4.78 is 39.1. The molecule has 0 fully saturated rings. The lowest BCUT2D eigenvalue weighted by Crippen LogP contribution is -2.06. The minimum atomic E-state index is -3.73. The first kappa shape index (κ1) is 18.0. The molecule has 0 aromatic heterocycles. The van der Waals surface area contributed by atoms with Crippen LogP contribution in [0.3, 0.4) is 0 Å². The summed E-state index contributed by atoms with van der Waals surface area (Å²) in [6.45, 7) is 5.73. The van der Waals surface area contributed by atoms with Crippen LogP contribution >= 0.6 is 0 Å². The van der Waals surface area contributed by atoms with Gasteiger partial charge in [-0.2, -0.15) is 12.8 Å². The summed E-state index contributed by atoms with van der Waals surface area (Å²) in [5.74, 6) is 1.13. The molecule has 2 aromatic rings. The summed E-state index contributed by atoms with van der Waals surface area (Å²) in [4.78, 5) is 0.163. The van der Waals surface area contributed by atoms with E-state index in [0.717, 1.165) is 5.56 Å². The molecule has 0 spiro atoms. The van der Waals surface area contributed by atoms with Crippen molar-refractivity contribution in [2.24, 2.45) is 4.40 Å². The van der Waals surface area contributed by atoms with Gasteiger partial charge in [-0.3, -0.25) is 0 Å². The number of aryl methyl sites for hydroxylation is 1. The highest BCUT2D eigenvalue weighted by atomic mass is 32.2. The second-order valence-electron chi connectivity index (χ2n) is 5.60. The van der Waals surface area contributed by atoms with Crippen LogP contribution < -0.4 is 9.47 Å². The third-order valence-corrected chi connectivity index (χ3v) is 4.46. The summed E-state index contributed by atoms with van der Waals surface area (Å²) in [7, 11) is -2.19. The topological polar surface area (TPSA) is 65.0 Å². The molecule has 0 atom stereocenters. The monoisotopic (exact) mass is 347 g/mol. The summed E-state index contributed by atoms with van der Waals surface area (Å²) >= 11 is 0. The lowest BCUT2D eigenvalue weighted by Gasteiger charge is -2.13. The molecule has 0 unspecified atom stereocenters. The molecule has 0 aliphatic rings. The highest BCUT2D eigenvalue weighted by Crippen LogP contribution is 2.28. The van der Waals surface area contributed by atoms with Crippen molar-refractivity contribution in [1.82, 2.24) is 0 Å². The predicted molar refractivity (Wildman–Crippen MR) is 94.7 cm³/mol. The number of sulfonamides is 1. The second-order valence-corrected chi connectivity index (χ2v) is 7.23. The first-order chi connectivity index (χ1) is 11.3. The quantitative estimate of drug-likeness (QED) is 0.749. The van der Waals surface area contributed by atoms with Crippen molar-refractivity contribution >= 4 is 16.2 Å². The van der Waals surface area contributed by atoms with Crippen molar-refractivity contribution in [3.8, 4) is 11.5 Å². The van der Waals surface area contributed by atoms with E-state index >= 15 is 0 Å². The van der Waals surface area contributed by atoms with Crippen molar-refractivity contribution in [2.75, 3.05) is 7.11 Å². The lowest BCUT2D eigenvalue weighted by atomic mass is 10.2. The van der Waals surface area contributed by atoms with E-state index in [-0.39, 0.29) is 11.0 Å². The first-order valence-electron chi connectivity index (χ1n) is 7.53. The van der Waals surface area contributed by atoms with E-state index in [2.05, 4.69) is 4.40 Å². The largest absolute Gasteiger partial charge is 0.493 e. The van der Waals surface area contributed by atoms with Crippen LogP contribution in [0.15, 0.2) is 51.8 Å². The van der Waals surface area contributed by atoms with Gasteiger partial charge in [-0.15, -0.1) is 0 Å². The van der Waals surface area contributed by atoms with Gasteiger partial charge in [0.2, 0.25) is 0 Å². The van der Waals surface area contributed by atoms with E-state index < -0.39 is 10.0 Å². The van der Waals surface area contributed by atoms with Crippen LogP contribution in [0.4, 0.5) is 0 Å². The van der Waals surface area contributed by atoms with Crippen molar-refractivity contribution in [1.29, 1.82) is 0 Å². The van der Waals surface area contributed by atoms with Gasteiger partial charge in [-0.05, 0) is 56.7 Å². The van der Waals surface area contributed by atoms with Gasteiger partial charge < -0.3 is 9.47 Å². The molecule has 6 heteroatoms. The van der Waals surface area contributed by atoms with Gasteiger partial charge in [-0.1, -0.05) is 17.7 Å². The van der Waals surface area contributed by atoms with E-state index in [9.17, 15) is 8.42 Å². The van der Waals surface area contributed by atoms with Crippen molar-refractivity contribution in [3.05, 3.63) is 53.6 Å². The Hall–Kier alpha value is -2.34. The molecule has 2 rings (SSSR count). The molecular formula is C18H21NO4S. The van der Waals surface area contributed by atoms with Crippen LogP contribution in [0.2, 0.25) is 0 Å². The normalized spacial score (nSPS) is 11.9. The van der Waals surface area contributed by atoms with Crippen LogP contribution in [0, 0.1) is 6.92 Å². The zero-order chi connectivity index (χ0) is 17.7. The van der Waals surface area contributed by atoms with Crippen LogP contribution in [0.25, 0.3) is 0 Å². The predicted octanol–water partition coefficient (Wildman–Crippen LogP) is 3.60. The molecule has 0 heterocycles. The fourth-order valence-electron chi connectivity index (χ4n) is 2.02. The smallest absolute Gasteiger partial charge is 0.282 e. The van der Waals surface area contributed by atoms with Crippen LogP contribution in [-0.4, -0.2) is 27.8 Å². The fraction of sp³-hybridized carbons (Fsp3) is 0.278. The molecule has 0 amide bonds. The number of hydrogen-bond donors (Lipinski definition) is 0. The number of methoxy groups -OCH3 is 1. The average molecular weight is 347 g/mol. The third-order valence-electron chi connectivity index (χ3n) is 3.21. The Balaban J connectivity index is 2.26. The zero-order valence-electron chi connectivity index (χ0n) is 14.2. The van der Waals surface area contributed by atoms with Gasteiger partial charge in [-0.25, -0.2) is 0 Å². The lowest BCUT2D eigenvalue weighted by molar-refractivity contribution is 0.230. The maximum atomic E-state index is 12.2. The van der Waals surface area contributed by atoms with Crippen molar-refractivity contribution < 1.29 is 17.9 Å². The van der Waals surface area contributed by atoms with Crippen molar-refractivity contribution in [3.63, 3.8) is 0 Å². The Kier molecular flexibility index (Phi) is 5.62. The van der Waals surface area contributed by atoms with Gasteiger partial charge in [0.05, 0.1) is 18.1 Å². The minimum Gasteiger partial charge on any atom is -0.493 e. The maximum absolute atomic E-state index is 12.2. The molecule has 0 saturated carbocycles. The second kappa shape index (κ2) is 7.49. The Morgan fingerprint density at radius 1 is 1.04 bits per heavy atom. The number of benzene rings is 2. The highest BCUT2D eigenvalue weighted by Gasteiger charge is 2.12. The van der Waals surface area contributed by atoms with Crippen LogP contribution in [0.1, 0.15) is 25.0 Å². The molecule has 2 aromatic carbocycles. The maximum Gasteiger partial charge on any atom is 0.282 e. The molecular weight excluding hydrogens is 326 g/mol. The molecule has 0 radical (unpaired) electrons. The molecule has 0 saturated heterocycles. The third kappa shape index (κ3) is 4.58. The number of nitrogens with zero attached hydrogens (tertiary/aromatic N) is 1. The summed E-state index contributed by atoms with van der Waals surface area (Å²) in [5, 5.41) is 0. The van der Waals surface area contributed by atoms with E-state index in [4.69, 9.17) is 9.47 Å². The number of hydrogen-bond acceptors (Lipinski definition) is 4. The van der Waals surface area contributed by atoms with Crippen LogP contribution in [-0.2, 0) is 10.0 Å². The van der Waals surface area contributed by atoms with E-state index in [1.165, 1.54) is 13.3 Å². The molecule has 0 bridgehead atoms. The van der Waals surface area contributed by atoms with Gasteiger partial charge in [0.1, 0.15) is 0 Å².